The Morgan fingerprint density at radius 2 is 1.89 bits per heavy atom. The third-order valence-electron chi connectivity index (χ3n) is 4.41. The molecule has 1 saturated carbocycles. The highest BCUT2D eigenvalue weighted by molar-refractivity contribution is 6.46. The molecule has 1 aromatic carbocycles. The van der Waals surface area contributed by atoms with E-state index in [0.717, 1.165) is 31.2 Å². The van der Waals surface area contributed by atoms with Crippen molar-refractivity contribution in [1.82, 2.24) is 0 Å². The summed E-state index contributed by atoms with van der Waals surface area (Å²) >= 11 is 18.0. The predicted molar refractivity (Wildman–Crippen MR) is 101 cm³/mol. The van der Waals surface area contributed by atoms with Gasteiger partial charge in [-0.15, -0.1) is 0 Å². The van der Waals surface area contributed by atoms with Crippen molar-refractivity contribution < 1.29 is 29.0 Å². The number of aliphatic carboxylic acids is 1. The smallest absolute Gasteiger partial charge is 0.422 e. The molecule has 0 amide bonds. The number of halogens is 3. The van der Waals surface area contributed by atoms with Gasteiger partial charge in [-0.2, -0.15) is 0 Å². The number of benzene rings is 1. The first-order chi connectivity index (χ1) is 12.7. The van der Waals surface area contributed by atoms with E-state index < -0.39 is 23.7 Å². The average Bonchev–Trinajstić information content (AvgIpc) is 3.43. The maximum atomic E-state index is 12.6. The summed E-state index contributed by atoms with van der Waals surface area (Å²) in [6, 6.07) is 1.15. The van der Waals surface area contributed by atoms with Crippen molar-refractivity contribution in [1.29, 1.82) is 0 Å². The zero-order chi connectivity index (χ0) is 20.1. The van der Waals surface area contributed by atoms with Crippen LogP contribution >= 0.6 is 34.8 Å². The van der Waals surface area contributed by atoms with Gasteiger partial charge in [-0.05, 0) is 24.3 Å². The van der Waals surface area contributed by atoms with E-state index in [4.69, 9.17) is 49.4 Å². The maximum absolute atomic E-state index is 12.6. The fraction of sp³-hybridized carbons (Fsp3) is 0.500. The van der Waals surface area contributed by atoms with Crippen LogP contribution in [0.1, 0.15) is 49.4 Å². The quantitative estimate of drug-likeness (QED) is 0.266. The maximum Gasteiger partial charge on any atom is 0.422 e. The Labute approximate surface area is 171 Å². The van der Waals surface area contributed by atoms with E-state index in [2.05, 4.69) is 0 Å². The molecule has 1 atom stereocenters. The normalized spacial score (nSPS) is 14.5. The van der Waals surface area contributed by atoms with Gasteiger partial charge in [0.15, 0.2) is 5.75 Å². The molecule has 0 heterocycles. The van der Waals surface area contributed by atoms with Crippen LogP contribution in [0, 0.1) is 11.8 Å². The Balaban J connectivity index is 2.16. The minimum atomic E-state index is -1.84. The number of esters is 2. The molecule has 0 radical (unpaired) electrons. The predicted octanol–water partition coefficient (Wildman–Crippen LogP) is 5.01. The summed E-state index contributed by atoms with van der Waals surface area (Å²) < 4.78 is 10.0. The van der Waals surface area contributed by atoms with Crippen LogP contribution in [0.3, 0.4) is 0 Å². The average molecular weight is 438 g/mol. The fourth-order valence-electron chi connectivity index (χ4n) is 2.55. The Morgan fingerprint density at radius 3 is 2.44 bits per heavy atom. The number of carbonyl (C=O) groups excluding carboxylic acids is 2. The van der Waals surface area contributed by atoms with Crippen molar-refractivity contribution in [2.75, 3.05) is 6.61 Å². The van der Waals surface area contributed by atoms with Crippen LogP contribution in [0.5, 0.6) is 5.75 Å². The van der Waals surface area contributed by atoms with Gasteiger partial charge in [-0.1, -0.05) is 67.4 Å². The zero-order valence-electron chi connectivity index (χ0n) is 14.6. The molecule has 1 unspecified atom stereocenters. The van der Waals surface area contributed by atoms with E-state index in [-0.39, 0.29) is 33.2 Å². The largest absolute Gasteiger partial charge is 0.473 e. The van der Waals surface area contributed by atoms with Gasteiger partial charge in [0.05, 0.1) is 21.7 Å². The van der Waals surface area contributed by atoms with Crippen LogP contribution in [0.4, 0.5) is 0 Å². The Kier molecular flexibility index (Phi) is 7.77. The summed E-state index contributed by atoms with van der Waals surface area (Å²) in [6.45, 7) is 2.17. The Hall–Kier alpha value is -1.50. The fourth-order valence-corrected chi connectivity index (χ4v) is 3.27. The summed E-state index contributed by atoms with van der Waals surface area (Å²) in [5, 5.41) is 8.20. The van der Waals surface area contributed by atoms with Crippen LogP contribution in [-0.4, -0.2) is 29.6 Å². The molecule has 1 aromatic rings. The molecule has 0 aromatic heterocycles. The first-order valence-electron chi connectivity index (χ1n) is 8.54. The third kappa shape index (κ3) is 5.99. The van der Waals surface area contributed by atoms with Crippen LogP contribution < -0.4 is 4.74 Å². The van der Waals surface area contributed by atoms with E-state index in [1.165, 1.54) is 12.8 Å². The minimum absolute atomic E-state index is 0.0514. The molecule has 1 aliphatic carbocycles. The molecule has 0 bridgehead atoms. The van der Waals surface area contributed by atoms with Gasteiger partial charge in [0, 0.05) is 0 Å². The molecule has 0 spiro atoms. The van der Waals surface area contributed by atoms with Crippen molar-refractivity contribution in [2.45, 2.75) is 39.0 Å². The third-order valence-corrected chi connectivity index (χ3v) is 5.48. The van der Waals surface area contributed by atoms with Crippen LogP contribution in [0.25, 0.3) is 0 Å². The molecule has 148 valence electrons. The molecule has 1 N–H and O–H groups in total. The zero-order valence-corrected chi connectivity index (χ0v) is 16.9. The van der Waals surface area contributed by atoms with Gasteiger partial charge < -0.3 is 14.6 Å². The summed E-state index contributed by atoms with van der Waals surface area (Å²) in [6.07, 6.45) is 5.39. The van der Waals surface area contributed by atoms with Crippen molar-refractivity contribution in [2.24, 2.45) is 11.8 Å². The summed E-state index contributed by atoms with van der Waals surface area (Å²) in [4.78, 5) is 34.7. The van der Waals surface area contributed by atoms with Crippen LogP contribution in [0.15, 0.2) is 6.07 Å². The van der Waals surface area contributed by atoms with E-state index in [1.807, 2.05) is 6.92 Å². The monoisotopic (exact) mass is 436 g/mol. The van der Waals surface area contributed by atoms with Crippen molar-refractivity contribution in [3.8, 4) is 5.75 Å². The number of carboxylic acid groups (broad SMARTS) is 1. The summed E-state index contributed by atoms with van der Waals surface area (Å²) in [7, 11) is 0. The highest BCUT2D eigenvalue weighted by atomic mass is 35.5. The Bertz CT molecular complexity index is 745. The SMILES string of the molecule is CCC(CCC1CC1)COC(=O)c1c(Cl)c(Cl)cc(Cl)c1OC(=O)C(=O)O. The molecule has 2 rings (SSSR count). The summed E-state index contributed by atoms with van der Waals surface area (Å²) in [5.74, 6) is -3.87. The van der Waals surface area contributed by atoms with Gasteiger partial charge in [-0.25, -0.2) is 14.4 Å². The van der Waals surface area contributed by atoms with Gasteiger partial charge in [-0.3, -0.25) is 0 Å². The first kappa shape index (κ1) is 21.8. The van der Waals surface area contributed by atoms with Crippen LogP contribution in [0.2, 0.25) is 15.1 Å². The van der Waals surface area contributed by atoms with Gasteiger partial charge in [0.25, 0.3) is 0 Å². The molecule has 0 aliphatic heterocycles. The second-order valence-corrected chi connectivity index (χ2v) is 7.64. The second kappa shape index (κ2) is 9.62. The molecule has 27 heavy (non-hydrogen) atoms. The number of carbonyl (C=O) groups is 3. The van der Waals surface area contributed by atoms with Crippen molar-refractivity contribution in [3.63, 3.8) is 0 Å². The number of hydrogen-bond acceptors (Lipinski definition) is 5. The van der Waals surface area contributed by atoms with E-state index in [9.17, 15) is 14.4 Å². The molecule has 9 heteroatoms. The van der Waals surface area contributed by atoms with Crippen molar-refractivity contribution in [3.05, 3.63) is 26.7 Å². The van der Waals surface area contributed by atoms with Crippen molar-refractivity contribution >= 4 is 52.7 Å². The van der Waals surface area contributed by atoms with E-state index >= 15 is 0 Å². The number of carboxylic acids is 1. The second-order valence-electron chi connectivity index (χ2n) is 6.45. The highest BCUT2D eigenvalue weighted by Gasteiger charge is 2.28. The standard InChI is InChI=1S/C18H19Cl3O6/c1-2-9(3-4-10-5-6-10)8-26-17(24)13-14(21)11(19)7-12(20)15(13)27-18(25)16(22)23/h7,9-10H,2-6,8H2,1H3,(H,22,23). The van der Waals surface area contributed by atoms with Crippen LogP contribution in [-0.2, 0) is 14.3 Å². The lowest BCUT2D eigenvalue weighted by Crippen LogP contribution is -2.22. The number of rotatable bonds is 8. The molecule has 1 aliphatic rings. The molecular weight excluding hydrogens is 419 g/mol. The van der Waals surface area contributed by atoms with Gasteiger partial charge in [0.2, 0.25) is 0 Å². The number of hydrogen-bond donors (Lipinski definition) is 1. The lowest BCUT2D eigenvalue weighted by atomic mass is 9.99. The lowest BCUT2D eigenvalue weighted by molar-refractivity contribution is -0.158. The lowest BCUT2D eigenvalue weighted by Gasteiger charge is -2.17. The summed E-state index contributed by atoms with van der Waals surface area (Å²) in [5.41, 5.74) is -0.374. The first-order valence-corrected chi connectivity index (χ1v) is 9.67. The topological polar surface area (TPSA) is 89.9 Å². The highest BCUT2D eigenvalue weighted by Crippen LogP contribution is 2.40. The van der Waals surface area contributed by atoms with Gasteiger partial charge in [0.1, 0.15) is 5.56 Å². The molecular formula is C18H19Cl3O6. The molecule has 0 saturated heterocycles. The Morgan fingerprint density at radius 1 is 1.22 bits per heavy atom. The molecule has 6 nitrogen and oxygen atoms in total. The minimum Gasteiger partial charge on any atom is -0.473 e. The molecule has 1 fully saturated rings. The van der Waals surface area contributed by atoms with Gasteiger partial charge >= 0.3 is 17.9 Å². The number of ether oxygens (including phenoxy) is 2. The van der Waals surface area contributed by atoms with E-state index in [0.29, 0.717) is 0 Å². The van der Waals surface area contributed by atoms with E-state index in [1.54, 1.807) is 0 Å².